The maximum atomic E-state index is 13.5. The molecule has 2 aromatic rings. The van der Waals surface area contributed by atoms with E-state index in [4.69, 9.17) is 4.74 Å². The monoisotopic (exact) mass is 640 g/mol. The van der Waals surface area contributed by atoms with E-state index >= 15 is 0 Å². The largest absolute Gasteiger partial charge is 0.376 e. The second kappa shape index (κ2) is 23.1. The minimum Gasteiger partial charge on any atom is -0.376 e. The summed E-state index contributed by atoms with van der Waals surface area (Å²) < 4.78 is 6.04. The van der Waals surface area contributed by atoms with Crippen LogP contribution in [-0.2, 0) is 16.1 Å². The summed E-state index contributed by atoms with van der Waals surface area (Å²) in [4.78, 5) is 13.5. The highest BCUT2D eigenvalue weighted by Gasteiger charge is 2.26. The molecule has 2 atom stereocenters. The number of nitrogens with one attached hydrogen (secondary N) is 1. The number of Topliss-reactive ketones (excluding diaryl/α,β-unsaturated/α-hetero) is 1. The Balaban J connectivity index is 0.00000204. The van der Waals surface area contributed by atoms with E-state index in [1.807, 2.05) is 44.3 Å². The van der Waals surface area contributed by atoms with Gasteiger partial charge in [0.05, 0.1) is 13.2 Å². The lowest BCUT2D eigenvalue weighted by Gasteiger charge is -2.29. The predicted octanol–water partition coefficient (Wildman–Crippen LogP) is 11.8. The van der Waals surface area contributed by atoms with Gasteiger partial charge in [-0.25, -0.2) is 0 Å². The van der Waals surface area contributed by atoms with E-state index in [0.29, 0.717) is 37.4 Å². The molecule has 3 nitrogen and oxygen atoms in total. The second-order valence-electron chi connectivity index (χ2n) is 14.5. The number of ether oxygens (including phenoxy) is 1. The molecular formula is C44H65NO2. The SMILES string of the molecule is C=C(C[C@H](COCc1ccccc1)C(=O)CCC(/C=C\CCC(C/C=C\C=C/C)c1ccccc1)=C/C)C(C)(C)NC.CC(C)(C)C. The number of carbonyl (C=O) groups excluding carboxylic acids is 1. The number of likely N-dealkylation sites (N-methyl/N-ethyl adjacent to an activating group) is 1. The maximum Gasteiger partial charge on any atom is 0.138 e. The summed E-state index contributed by atoms with van der Waals surface area (Å²) in [7, 11) is 1.93. The van der Waals surface area contributed by atoms with Gasteiger partial charge in [0.1, 0.15) is 5.78 Å². The molecule has 1 unspecified atom stereocenters. The summed E-state index contributed by atoms with van der Waals surface area (Å²) in [6, 6.07) is 20.9. The molecule has 0 aliphatic rings. The molecule has 0 aliphatic heterocycles. The van der Waals surface area contributed by atoms with E-state index in [1.165, 1.54) is 11.1 Å². The van der Waals surface area contributed by atoms with Gasteiger partial charge in [-0.3, -0.25) is 4.79 Å². The molecule has 3 heteroatoms. The molecule has 2 aromatic carbocycles. The van der Waals surface area contributed by atoms with E-state index in [0.717, 1.165) is 36.8 Å². The highest BCUT2D eigenvalue weighted by molar-refractivity contribution is 5.81. The lowest BCUT2D eigenvalue weighted by Crippen LogP contribution is -2.39. The van der Waals surface area contributed by atoms with E-state index in [-0.39, 0.29) is 17.2 Å². The minimum absolute atomic E-state index is 0.210. The molecule has 258 valence electrons. The van der Waals surface area contributed by atoms with Crippen LogP contribution in [-0.4, -0.2) is 25.0 Å². The van der Waals surface area contributed by atoms with Crippen LogP contribution in [0.3, 0.4) is 0 Å². The number of ketones is 1. The number of carbonyl (C=O) groups is 1. The van der Waals surface area contributed by atoms with Gasteiger partial charge in [-0.15, -0.1) is 0 Å². The Labute approximate surface area is 289 Å². The predicted molar refractivity (Wildman–Crippen MR) is 206 cm³/mol. The Morgan fingerprint density at radius 2 is 1.51 bits per heavy atom. The van der Waals surface area contributed by atoms with Crippen LogP contribution in [0.4, 0.5) is 0 Å². The first kappa shape index (κ1) is 41.8. The van der Waals surface area contributed by atoms with E-state index in [9.17, 15) is 4.79 Å². The van der Waals surface area contributed by atoms with Crippen molar-refractivity contribution in [2.24, 2.45) is 11.3 Å². The van der Waals surface area contributed by atoms with E-state index < -0.39 is 0 Å². The molecule has 0 bridgehead atoms. The number of allylic oxidation sites excluding steroid dienone is 8. The van der Waals surface area contributed by atoms with Crippen molar-refractivity contribution in [3.05, 3.63) is 132 Å². The van der Waals surface area contributed by atoms with Crippen LogP contribution in [0.1, 0.15) is 111 Å². The molecule has 0 spiro atoms. The Morgan fingerprint density at radius 3 is 2.09 bits per heavy atom. The number of hydrogen-bond donors (Lipinski definition) is 1. The third kappa shape index (κ3) is 19.9. The van der Waals surface area contributed by atoms with Crippen LogP contribution < -0.4 is 5.32 Å². The van der Waals surface area contributed by atoms with Crippen LogP contribution in [0.5, 0.6) is 0 Å². The fourth-order valence-electron chi connectivity index (χ4n) is 4.79. The van der Waals surface area contributed by atoms with Gasteiger partial charge in [0, 0.05) is 17.9 Å². The van der Waals surface area contributed by atoms with Crippen molar-refractivity contribution >= 4 is 5.78 Å². The van der Waals surface area contributed by atoms with E-state index in [1.54, 1.807) is 0 Å². The molecule has 0 amide bonds. The molecule has 2 rings (SSSR count). The van der Waals surface area contributed by atoms with Gasteiger partial charge in [0.2, 0.25) is 0 Å². The Bertz CT molecular complexity index is 1250. The topological polar surface area (TPSA) is 38.3 Å². The summed E-state index contributed by atoms with van der Waals surface area (Å²) in [5.74, 6) is 0.513. The average molecular weight is 640 g/mol. The van der Waals surface area contributed by atoms with Crippen LogP contribution in [0.25, 0.3) is 0 Å². The van der Waals surface area contributed by atoms with Crippen LogP contribution in [0.2, 0.25) is 0 Å². The first-order valence-corrected chi connectivity index (χ1v) is 17.5. The quantitative estimate of drug-likeness (QED) is 0.116. The Hall–Kier alpha value is -3.27. The summed E-state index contributed by atoms with van der Waals surface area (Å²) >= 11 is 0. The normalized spacial score (nSPS) is 13.9. The van der Waals surface area contributed by atoms with Gasteiger partial charge >= 0.3 is 0 Å². The number of hydrogen-bond acceptors (Lipinski definition) is 3. The van der Waals surface area contributed by atoms with Gasteiger partial charge in [0.25, 0.3) is 0 Å². The van der Waals surface area contributed by atoms with E-state index in [2.05, 4.69) is 133 Å². The fourth-order valence-corrected chi connectivity index (χ4v) is 4.79. The molecular weight excluding hydrogens is 574 g/mol. The zero-order valence-electron chi connectivity index (χ0n) is 31.2. The molecule has 0 aliphatic carbocycles. The summed E-state index contributed by atoms with van der Waals surface area (Å²) in [6.45, 7) is 22.3. The third-order valence-corrected chi connectivity index (χ3v) is 8.06. The summed E-state index contributed by atoms with van der Waals surface area (Å²) in [6.07, 6.45) is 20.1. The smallest absolute Gasteiger partial charge is 0.138 e. The van der Waals surface area contributed by atoms with Crippen LogP contribution >= 0.6 is 0 Å². The van der Waals surface area contributed by atoms with Crippen molar-refractivity contribution in [1.82, 2.24) is 5.32 Å². The average Bonchev–Trinajstić information content (AvgIpc) is 3.04. The lowest BCUT2D eigenvalue weighted by molar-refractivity contribution is -0.125. The highest BCUT2D eigenvalue weighted by atomic mass is 16.5. The minimum atomic E-state index is -0.241. The van der Waals surface area contributed by atoms with Crippen LogP contribution in [0.15, 0.2) is 121 Å². The molecule has 0 saturated heterocycles. The van der Waals surface area contributed by atoms with Crippen LogP contribution in [0, 0.1) is 11.3 Å². The first-order valence-electron chi connectivity index (χ1n) is 17.5. The van der Waals surface area contributed by atoms with Gasteiger partial charge in [0.15, 0.2) is 0 Å². The molecule has 0 radical (unpaired) electrons. The zero-order chi connectivity index (χ0) is 35.1. The number of rotatable bonds is 20. The van der Waals surface area contributed by atoms with Crippen molar-refractivity contribution < 1.29 is 9.53 Å². The van der Waals surface area contributed by atoms with Crippen molar-refractivity contribution in [3.8, 4) is 0 Å². The fraction of sp³-hybridized carbons (Fsp3) is 0.477. The van der Waals surface area contributed by atoms with Crippen molar-refractivity contribution in [2.75, 3.05) is 13.7 Å². The summed E-state index contributed by atoms with van der Waals surface area (Å²) in [5, 5.41) is 3.31. The molecule has 47 heavy (non-hydrogen) atoms. The van der Waals surface area contributed by atoms with Crippen molar-refractivity contribution in [1.29, 1.82) is 0 Å². The molecule has 0 heterocycles. The summed E-state index contributed by atoms with van der Waals surface area (Å²) in [5.41, 5.74) is 4.98. The number of benzene rings is 2. The van der Waals surface area contributed by atoms with Crippen molar-refractivity contribution in [2.45, 2.75) is 112 Å². The van der Waals surface area contributed by atoms with Gasteiger partial charge in [-0.2, -0.15) is 0 Å². The molecule has 0 aromatic heterocycles. The Kier molecular flexibility index (Phi) is 20.5. The molecule has 0 fully saturated rings. The molecule has 1 N–H and O–H groups in total. The highest BCUT2D eigenvalue weighted by Crippen LogP contribution is 2.27. The standard InChI is InChI=1S/C39H53NO2.C5H12/c1-7-9-10-15-23-36(35-24-16-12-17-25-35)26-19-18-20-33(8-2)27-28-38(41)37(29-32(3)39(4,5)40-6)31-42-30-34-21-13-11-14-22-34;1-5(2,3)4/h7-18,20-22,24-25,36-37,40H,3,19,23,26-31H2,1-2,4-6H3;1-4H3/b9-7-,15-10-,20-18-,33-8+;/t36?,37-;/m1./s1. The van der Waals surface area contributed by atoms with Gasteiger partial charge < -0.3 is 10.1 Å². The second-order valence-corrected chi connectivity index (χ2v) is 14.5. The third-order valence-electron chi connectivity index (χ3n) is 8.06. The maximum absolute atomic E-state index is 13.5. The molecule has 0 saturated carbocycles. The first-order chi connectivity index (χ1) is 22.3. The zero-order valence-corrected chi connectivity index (χ0v) is 31.2. The lowest BCUT2D eigenvalue weighted by atomic mass is 9.85. The van der Waals surface area contributed by atoms with Gasteiger partial charge in [-0.1, -0.05) is 149 Å². The Morgan fingerprint density at radius 1 is 0.894 bits per heavy atom. The van der Waals surface area contributed by atoms with Crippen molar-refractivity contribution in [3.63, 3.8) is 0 Å². The van der Waals surface area contributed by atoms with Gasteiger partial charge in [-0.05, 0) is 89.3 Å².